The number of furan rings is 1. The van der Waals surface area contributed by atoms with Crippen molar-refractivity contribution in [2.75, 3.05) is 12.9 Å². The summed E-state index contributed by atoms with van der Waals surface area (Å²) < 4.78 is 10.3. The van der Waals surface area contributed by atoms with Gasteiger partial charge in [0.25, 0.3) is 0 Å². The summed E-state index contributed by atoms with van der Waals surface area (Å²) in [6, 6.07) is 11.2. The summed E-state index contributed by atoms with van der Waals surface area (Å²) in [5.41, 5.74) is 0. The summed E-state index contributed by atoms with van der Waals surface area (Å²) in [6.45, 7) is 1.90. The molecule has 106 valence electrons. The van der Waals surface area contributed by atoms with Crippen molar-refractivity contribution in [2.45, 2.75) is 17.9 Å². The lowest BCUT2D eigenvalue weighted by molar-refractivity contribution is -0.119. The molecule has 0 saturated heterocycles. The molecule has 1 N–H and O–H groups in total. The summed E-state index contributed by atoms with van der Waals surface area (Å²) >= 11 is 1.49. The number of benzene rings is 1. The van der Waals surface area contributed by atoms with Crippen LogP contribution >= 0.6 is 11.8 Å². The van der Waals surface area contributed by atoms with E-state index in [1.807, 2.05) is 43.3 Å². The molecule has 1 aromatic carbocycles. The van der Waals surface area contributed by atoms with Crippen molar-refractivity contribution in [2.24, 2.45) is 0 Å². The lowest BCUT2D eigenvalue weighted by atomic mass is 10.2. The number of carbonyl (C=O) groups excluding carboxylic acids is 1. The highest BCUT2D eigenvalue weighted by atomic mass is 32.2. The van der Waals surface area contributed by atoms with Crippen LogP contribution in [0.2, 0.25) is 0 Å². The van der Waals surface area contributed by atoms with Gasteiger partial charge in [-0.2, -0.15) is 0 Å². The molecule has 0 unspecified atom stereocenters. The maximum atomic E-state index is 11.8. The fourth-order valence-corrected chi connectivity index (χ4v) is 2.42. The van der Waals surface area contributed by atoms with Gasteiger partial charge in [0.1, 0.15) is 11.5 Å². The van der Waals surface area contributed by atoms with E-state index in [0.717, 1.165) is 16.4 Å². The van der Waals surface area contributed by atoms with Gasteiger partial charge in [0.15, 0.2) is 0 Å². The first-order chi connectivity index (χ1) is 9.69. The van der Waals surface area contributed by atoms with Crippen LogP contribution in [-0.4, -0.2) is 18.8 Å². The van der Waals surface area contributed by atoms with Crippen molar-refractivity contribution in [1.82, 2.24) is 5.32 Å². The van der Waals surface area contributed by atoms with Gasteiger partial charge >= 0.3 is 0 Å². The molecule has 20 heavy (non-hydrogen) atoms. The second-order valence-electron chi connectivity index (χ2n) is 4.27. The van der Waals surface area contributed by atoms with Gasteiger partial charge in [0.2, 0.25) is 5.91 Å². The third kappa shape index (κ3) is 4.06. The number of ether oxygens (including phenoxy) is 1. The zero-order valence-electron chi connectivity index (χ0n) is 11.5. The molecule has 0 bridgehead atoms. The van der Waals surface area contributed by atoms with Crippen LogP contribution in [0.3, 0.4) is 0 Å². The Hall–Kier alpha value is -1.88. The van der Waals surface area contributed by atoms with Crippen LogP contribution in [-0.2, 0) is 4.79 Å². The maximum Gasteiger partial charge on any atom is 0.230 e. The molecule has 1 aromatic heterocycles. The van der Waals surface area contributed by atoms with Gasteiger partial charge in [-0.25, -0.2) is 0 Å². The summed E-state index contributed by atoms with van der Waals surface area (Å²) in [5, 5.41) is 2.90. The molecule has 0 aliphatic rings. The Morgan fingerprint density at radius 3 is 2.70 bits per heavy atom. The SMILES string of the molecule is COc1ccc(SCC(=O)N[C@@H](C)c2ccco2)cc1. The minimum absolute atomic E-state index is 0.0188. The lowest BCUT2D eigenvalue weighted by Gasteiger charge is -2.11. The molecule has 1 atom stereocenters. The van der Waals surface area contributed by atoms with E-state index in [2.05, 4.69) is 5.32 Å². The predicted octanol–water partition coefficient (Wildman–Crippen LogP) is 3.26. The molecule has 1 heterocycles. The Balaban J connectivity index is 1.79. The average molecular weight is 291 g/mol. The minimum atomic E-state index is -0.117. The normalized spacial score (nSPS) is 11.9. The molecule has 4 nitrogen and oxygen atoms in total. The van der Waals surface area contributed by atoms with E-state index in [1.165, 1.54) is 11.8 Å². The number of hydrogen-bond donors (Lipinski definition) is 1. The van der Waals surface area contributed by atoms with Gasteiger partial charge in [-0.3, -0.25) is 4.79 Å². The highest BCUT2D eigenvalue weighted by molar-refractivity contribution is 8.00. The van der Waals surface area contributed by atoms with E-state index in [0.29, 0.717) is 5.75 Å². The van der Waals surface area contributed by atoms with Crippen molar-refractivity contribution in [3.05, 3.63) is 48.4 Å². The van der Waals surface area contributed by atoms with E-state index >= 15 is 0 Å². The molecule has 0 spiro atoms. The Morgan fingerprint density at radius 2 is 2.10 bits per heavy atom. The Morgan fingerprint density at radius 1 is 1.35 bits per heavy atom. The molecule has 2 aromatic rings. The minimum Gasteiger partial charge on any atom is -0.497 e. The second kappa shape index (κ2) is 7.05. The van der Waals surface area contributed by atoms with Gasteiger partial charge in [-0.15, -0.1) is 11.8 Å². The number of carbonyl (C=O) groups is 1. The highest BCUT2D eigenvalue weighted by Crippen LogP contribution is 2.21. The molecule has 0 aliphatic carbocycles. The first kappa shape index (κ1) is 14.5. The Bertz CT molecular complexity index is 537. The van der Waals surface area contributed by atoms with Crippen molar-refractivity contribution in [1.29, 1.82) is 0 Å². The molecule has 5 heteroatoms. The second-order valence-corrected chi connectivity index (χ2v) is 5.32. The predicted molar refractivity (Wildman–Crippen MR) is 79.0 cm³/mol. The lowest BCUT2D eigenvalue weighted by Crippen LogP contribution is -2.27. The smallest absolute Gasteiger partial charge is 0.230 e. The van der Waals surface area contributed by atoms with Gasteiger partial charge in [-0.1, -0.05) is 0 Å². The third-order valence-electron chi connectivity index (χ3n) is 2.78. The Labute approximate surface area is 122 Å². The quantitative estimate of drug-likeness (QED) is 0.830. The molecule has 0 fully saturated rings. The standard InChI is InChI=1S/C15H17NO3S/c1-11(14-4-3-9-19-14)16-15(17)10-20-13-7-5-12(18-2)6-8-13/h3-9,11H,10H2,1-2H3,(H,16,17)/t11-/m0/s1. The van der Waals surface area contributed by atoms with Gasteiger partial charge in [-0.05, 0) is 43.3 Å². The fourth-order valence-electron chi connectivity index (χ4n) is 1.71. The fraction of sp³-hybridized carbons (Fsp3) is 0.267. The topological polar surface area (TPSA) is 51.5 Å². The number of amides is 1. The van der Waals surface area contributed by atoms with Crippen LogP contribution in [0.4, 0.5) is 0 Å². The van der Waals surface area contributed by atoms with Crippen molar-refractivity contribution in [3.8, 4) is 5.75 Å². The van der Waals surface area contributed by atoms with E-state index in [1.54, 1.807) is 13.4 Å². The molecule has 0 radical (unpaired) electrons. The van der Waals surface area contributed by atoms with E-state index in [-0.39, 0.29) is 11.9 Å². The molecule has 1 amide bonds. The van der Waals surface area contributed by atoms with E-state index in [9.17, 15) is 4.79 Å². The van der Waals surface area contributed by atoms with E-state index in [4.69, 9.17) is 9.15 Å². The van der Waals surface area contributed by atoms with Crippen LogP contribution in [0.1, 0.15) is 18.7 Å². The van der Waals surface area contributed by atoms with Crippen LogP contribution in [0.5, 0.6) is 5.75 Å². The largest absolute Gasteiger partial charge is 0.497 e. The van der Waals surface area contributed by atoms with E-state index < -0.39 is 0 Å². The number of thioether (sulfide) groups is 1. The number of hydrogen-bond acceptors (Lipinski definition) is 4. The first-order valence-electron chi connectivity index (χ1n) is 6.28. The van der Waals surface area contributed by atoms with Gasteiger partial charge in [0, 0.05) is 4.90 Å². The zero-order chi connectivity index (χ0) is 14.4. The first-order valence-corrected chi connectivity index (χ1v) is 7.27. The van der Waals surface area contributed by atoms with Crippen LogP contribution < -0.4 is 10.1 Å². The van der Waals surface area contributed by atoms with Gasteiger partial charge < -0.3 is 14.5 Å². The zero-order valence-corrected chi connectivity index (χ0v) is 12.3. The molecular formula is C15H17NO3S. The monoisotopic (exact) mass is 291 g/mol. The summed E-state index contributed by atoms with van der Waals surface area (Å²) in [5.74, 6) is 1.92. The summed E-state index contributed by atoms with van der Waals surface area (Å²) in [6.07, 6.45) is 1.60. The van der Waals surface area contributed by atoms with Crippen LogP contribution in [0, 0.1) is 0 Å². The van der Waals surface area contributed by atoms with Crippen molar-refractivity contribution in [3.63, 3.8) is 0 Å². The number of methoxy groups -OCH3 is 1. The average Bonchev–Trinajstić information content (AvgIpc) is 3.00. The number of rotatable bonds is 6. The molecule has 0 aliphatic heterocycles. The Kier molecular flexibility index (Phi) is 5.12. The highest BCUT2D eigenvalue weighted by Gasteiger charge is 2.11. The van der Waals surface area contributed by atoms with Crippen LogP contribution in [0.15, 0.2) is 52.0 Å². The number of nitrogens with one attached hydrogen (secondary N) is 1. The maximum absolute atomic E-state index is 11.8. The van der Waals surface area contributed by atoms with Crippen molar-refractivity contribution < 1.29 is 13.9 Å². The molecule has 2 rings (SSSR count). The van der Waals surface area contributed by atoms with Crippen molar-refractivity contribution >= 4 is 17.7 Å². The third-order valence-corrected chi connectivity index (χ3v) is 3.79. The molecule has 0 saturated carbocycles. The summed E-state index contributed by atoms with van der Waals surface area (Å²) in [4.78, 5) is 12.9. The van der Waals surface area contributed by atoms with Gasteiger partial charge in [0.05, 0.1) is 25.2 Å². The summed E-state index contributed by atoms with van der Waals surface area (Å²) in [7, 11) is 1.63. The molecular weight excluding hydrogens is 274 g/mol. The van der Waals surface area contributed by atoms with Crippen LogP contribution in [0.25, 0.3) is 0 Å².